The number of hydrogen-bond donors (Lipinski definition) is 2. The van der Waals surface area contributed by atoms with E-state index in [0.29, 0.717) is 24.5 Å². The summed E-state index contributed by atoms with van der Waals surface area (Å²) in [5.74, 6) is 1.29. The zero-order valence-electron chi connectivity index (χ0n) is 12.5. The third-order valence-electron chi connectivity index (χ3n) is 3.09. The highest BCUT2D eigenvalue weighted by Crippen LogP contribution is 2.16. The van der Waals surface area contributed by atoms with Crippen LogP contribution in [0.15, 0.2) is 55.3 Å². The van der Waals surface area contributed by atoms with E-state index in [2.05, 4.69) is 22.2 Å². The molecule has 0 saturated carbocycles. The first-order valence-electron chi connectivity index (χ1n) is 6.95. The van der Waals surface area contributed by atoms with E-state index in [4.69, 9.17) is 4.74 Å². The molecule has 0 atom stereocenters. The summed E-state index contributed by atoms with van der Waals surface area (Å²) in [6, 6.07) is 11.1. The van der Waals surface area contributed by atoms with Crippen LogP contribution in [-0.2, 0) is 6.54 Å². The largest absolute Gasteiger partial charge is 0.496 e. The van der Waals surface area contributed by atoms with E-state index >= 15 is 0 Å². The van der Waals surface area contributed by atoms with Crippen LogP contribution in [0.5, 0.6) is 5.75 Å². The Kier molecular flexibility index (Phi) is 5.54. The van der Waals surface area contributed by atoms with Crippen LogP contribution in [0.1, 0.15) is 15.9 Å². The predicted molar refractivity (Wildman–Crippen MR) is 87.1 cm³/mol. The lowest BCUT2D eigenvalue weighted by Crippen LogP contribution is -2.23. The Morgan fingerprint density at radius 3 is 2.82 bits per heavy atom. The second-order valence-corrected chi connectivity index (χ2v) is 4.60. The Balaban J connectivity index is 1.95. The third kappa shape index (κ3) is 4.09. The molecule has 0 saturated heterocycles. The Labute approximate surface area is 130 Å². The lowest BCUT2D eigenvalue weighted by molar-refractivity contribution is 0.0950. The second kappa shape index (κ2) is 7.83. The number of aromatic nitrogens is 1. The van der Waals surface area contributed by atoms with Crippen molar-refractivity contribution in [3.63, 3.8) is 0 Å². The van der Waals surface area contributed by atoms with Gasteiger partial charge in [-0.3, -0.25) is 4.79 Å². The van der Waals surface area contributed by atoms with Crippen molar-refractivity contribution in [2.75, 3.05) is 19.0 Å². The van der Waals surface area contributed by atoms with Crippen molar-refractivity contribution in [2.45, 2.75) is 6.54 Å². The second-order valence-electron chi connectivity index (χ2n) is 4.60. The van der Waals surface area contributed by atoms with Crippen molar-refractivity contribution in [2.24, 2.45) is 0 Å². The molecule has 0 spiro atoms. The van der Waals surface area contributed by atoms with Crippen LogP contribution >= 0.6 is 0 Å². The summed E-state index contributed by atoms with van der Waals surface area (Å²) in [5.41, 5.74) is 1.44. The fourth-order valence-corrected chi connectivity index (χ4v) is 1.94. The molecule has 0 aliphatic heterocycles. The lowest BCUT2D eigenvalue weighted by atomic mass is 10.2. The number of nitrogens with zero attached hydrogens (tertiary/aromatic N) is 1. The molecule has 0 aliphatic carbocycles. The van der Waals surface area contributed by atoms with Crippen LogP contribution in [0.25, 0.3) is 0 Å². The molecule has 5 nitrogen and oxygen atoms in total. The Bertz CT molecular complexity index is 639. The predicted octanol–water partition coefficient (Wildman–Crippen LogP) is 2.62. The molecule has 1 amide bonds. The highest BCUT2D eigenvalue weighted by atomic mass is 16.5. The highest BCUT2D eigenvalue weighted by Gasteiger charge is 2.08. The molecule has 0 radical (unpaired) electrons. The molecular weight excluding hydrogens is 278 g/mol. The minimum absolute atomic E-state index is 0.173. The number of carbonyl (C=O) groups is 1. The van der Waals surface area contributed by atoms with Gasteiger partial charge in [0.1, 0.15) is 11.6 Å². The summed E-state index contributed by atoms with van der Waals surface area (Å²) in [6.45, 7) is 4.66. The van der Waals surface area contributed by atoms with E-state index in [0.717, 1.165) is 11.3 Å². The van der Waals surface area contributed by atoms with Crippen molar-refractivity contribution in [3.05, 3.63) is 66.4 Å². The van der Waals surface area contributed by atoms with Gasteiger partial charge in [-0.2, -0.15) is 0 Å². The van der Waals surface area contributed by atoms with Crippen molar-refractivity contribution < 1.29 is 9.53 Å². The summed E-state index contributed by atoms with van der Waals surface area (Å²) in [4.78, 5) is 16.3. The number of rotatable bonds is 7. The summed E-state index contributed by atoms with van der Waals surface area (Å²) in [5, 5.41) is 5.91. The van der Waals surface area contributed by atoms with Gasteiger partial charge in [0.15, 0.2) is 0 Å². The maximum absolute atomic E-state index is 12.1. The first-order chi connectivity index (χ1) is 10.7. The van der Waals surface area contributed by atoms with Crippen molar-refractivity contribution in [1.29, 1.82) is 0 Å². The van der Waals surface area contributed by atoms with E-state index < -0.39 is 0 Å². The number of anilines is 1. The number of ether oxygens (including phenoxy) is 1. The fourth-order valence-electron chi connectivity index (χ4n) is 1.94. The minimum atomic E-state index is -0.173. The Morgan fingerprint density at radius 1 is 1.32 bits per heavy atom. The first kappa shape index (κ1) is 15.6. The molecule has 114 valence electrons. The normalized spacial score (nSPS) is 9.86. The van der Waals surface area contributed by atoms with Gasteiger partial charge in [-0.1, -0.05) is 24.3 Å². The van der Waals surface area contributed by atoms with Crippen molar-refractivity contribution in [3.8, 4) is 5.75 Å². The highest BCUT2D eigenvalue weighted by molar-refractivity contribution is 5.94. The van der Waals surface area contributed by atoms with E-state index in [9.17, 15) is 4.79 Å². The summed E-state index contributed by atoms with van der Waals surface area (Å²) >= 11 is 0. The number of carbonyl (C=O) groups excluding carboxylic acids is 1. The van der Waals surface area contributed by atoms with Gasteiger partial charge in [0.25, 0.3) is 5.91 Å². The number of methoxy groups -OCH3 is 1. The fraction of sp³-hybridized carbons (Fsp3) is 0.176. The third-order valence-corrected chi connectivity index (χ3v) is 3.09. The molecule has 0 fully saturated rings. The molecular formula is C17H19N3O2. The Morgan fingerprint density at radius 2 is 2.14 bits per heavy atom. The van der Waals surface area contributed by atoms with E-state index in [1.54, 1.807) is 31.5 Å². The van der Waals surface area contributed by atoms with Gasteiger partial charge in [-0.25, -0.2) is 4.98 Å². The number of para-hydroxylation sites is 1. The molecule has 2 aromatic rings. The summed E-state index contributed by atoms with van der Waals surface area (Å²) in [6.07, 6.45) is 3.29. The van der Waals surface area contributed by atoms with Gasteiger partial charge in [0, 0.05) is 24.8 Å². The van der Waals surface area contributed by atoms with Gasteiger partial charge >= 0.3 is 0 Å². The van der Waals surface area contributed by atoms with Crippen molar-refractivity contribution in [1.82, 2.24) is 10.3 Å². The van der Waals surface area contributed by atoms with E-state index in [-0.39, 0.29) is 5.91 Å². The van der Waals surface area contributed by atoms with Crippen LogP contribution in [0.2, 0.25) is 0 Å². The number of amides is 1. The van der Waals surface area contributed by atoms with Crippen molar-refractivity contribution >= 4 is 11.7 Å². The smallest absolute Gasteiger partial charge is 0.253 e. The average molecular weight is 297 g/mol. The first-order valence-corrected chi connectivity index (χ1v) is 6.95. The number of hydrogen-bond acceptors (Lipinski definition) is 4. The number of pyridine rings is 1. The zero-order chi connectivity index (χ0) is 15.8. The van der Waals surface area contributed by atoms with Gasteiger partial charge in [-0.05, 0) is 18.2 Å². The standard InChI is InChI=1S/C17H19N3O2/c1-3-10-18-16-9-8-14(12-19-16)17(21)20-11-13-6-4-5-7-15(13)22-2/h3-9,12H,1,10-11H2,2H3,(H,18,19)(H,20,21). The van der Waals surface area contributed by atoms with Gasteiger partial charge < -0.3 is 15.4 Å². The molecule has 5 heteroatoms. The molecule has 1 heterocycles. The minimum Gasteiger partial charge on any atom is -0.496 e. The van der Waals surface area contributed by atoms with Gasteiger partial charge in [0.05, 0.1) is 12.7 Å². The van der Waals surface area contributed by atoms with Crippen LogP contribution in [0.4, 0.5) is 5.82 Å². The number of benzene rings is 1. The van der Waals surface area contributed by atoms with Gasteiger partial charge in [-0.15, -0.1) is 6.58 Å². The molecule has 1 aromatic carbocycles. The van der Waals surface area contributed by atoms with Crippen LogP contribution in [0.3, 0.4) is 0 Å². The molecule has 1 aromatic heterocycles. The number of nitrogens with one attached hydrogen (secondary N) is 2. The van der Waals surface area contributed by atoms with Crippen LogP contribution in [0, 0.1) is 0 Å². The van der Waals surface area contributed by atoms with Crippen LogP contribution in [-0.4, -0.2) is 24.5 Å². The monoisotopic (exact) mass is 297 g/mol. The molecule has 0 unspecified atom stereocenters. The molecule has 2 rings (SSSR count). The maximum atomic E-state index is 12.1. The quantitative estimate of drug-likeness (QED) is 0.771. The average Bonchev–Trinajstić information content (AvgIpc) is 2.58. The Hall–Kier alpha value is -2.82. The summed E-state index contributed by atoms with van der Waals surface area (Å²) < 4.78 is 5.26. The topological polar surface area (TPSA) is 63.2 Å². The lowest BCUT2D eigenvalue weighted by Gasteiger charge is -2.09. The van der Waals surface area contributed by atoms with E-state index in [1.807, 2.05) is 24.3 Å². The molecule has 0 bridgehead atoms. The molecule has 22 heavy (non-hydrogen) atoms. The zero-order valence-corrected chi connectivity index (χ0v) is 12.5. The SMILES string of the molecule is C=CCNc1ccc(C(=O)NCc2ccccc2OC)cn1. The van der Waals surface area contributed by atoms with E-state index in [1.165, 1.54) is 0 Å². The maximum Gasteiger partial charge on any atom is 0.253 e. The van der Waals surface area contributed by atoms with Gasteiger partial charge in [0.2, 0.25) is 0 Å². The van der Waals surface area contributed by atoms with Crippen LogP contribution < -0.4 is 15.4 Å². The molecule has 0 aliphatic rings. The summed E-state index contributed by atoms with van der Waals surface area (Å²) in [7, 11) is 1.61. The molecule has 2 N–H and O–H groups in total.